The first-order valence-electron chi connectivity index (χ1n) is 6.67. The fourth-order valence-corrected chi connectivity index (χ4v) is 2.54. The molecule has 1 amide bonds. The lowest BCUT2D eigenvalue weighted by Crippen LogP contribution is -2.46. The van der Waals surface area contributed by atoms with Gasteiger partial charge in [-0.2, -0.15) is 0 Å². The van der Waals surface area contributed by atoms with Gasteiger partial charge >= 0.3 is 0 Å². The summed E-state index contributed by atoms with van der Waals surface area (Å²) in [6, 6.07) is 4.67. The summed E-state index contributed by atoms with van der Waals surface area (Å²) >= 11 is 0. The monoisotopic (exact) mass is 264 g/mol. The smallest absolute Gasteiger partial charge is 0.257 e. The number of amides is 1. The third-order valence-electron chi connectivity index (χ3n) is 3.60. The van der Waals surface area contributed by atoms with Crippen molar-refractivity contribution in [2.24, 2.45) is 0 Å². The third-order valence-corrected chi connectivity index (χ3v) is 3.60. The van der Waals surface area contributed by atoms with Gasteiger partial charge in [0, 0.05) is 12.6 Å². The van der Waals surface area contributed by atoms with Crippen LogP contribution in [-0.4, -0.2) is 46.7 Å². The first-order valence-corrected chi connectivity index (χ1v) is 6.67. The number of carbonyl (C=O) groups is 1. The molecule has 0 bridgehead atoms. The highest BCUT2D eigenvalue weighted by Gasteiger charge is 2.26. The number of hydrogen-bond donors (Lipinski definition) is 3. The molecule has 104 valence electrons. The summed E-state index contributed by atoms with van der Waals surface area (Å²) in [6.45, 7) is 4.33. The Morgan fingerprint density at radius 2 is 2.05 bits per heavy atom. The van der Waals surface area contributed by atoms with Gasteiger partial charge in [-0.05, 0) is 45.0 Å². The molecule has 0 aromatic heterocycles. The van der Waals surface area contributed by atoms with Gasteiger partial charge in [0.25, 0.3) is 5.91 Å². The zero-order valence-electron chi connectivity index (χ0n) is 11.1. The molecule has 1 aromatic rings. The van der Waals surface area contributed by atoms with Crippen molar-refractivity contribution >= 4 is 5.91 Å². The molecule has 5 heteroatoms. The van der Waals surface area contributed by atoms with Gasteiger partial charge in [0.2, 0.25) is 0 Å². The van der Waals surface area contributed by atoms with Crippen LogP contribution in [0.3, 0.4) is 0 Å². The average molecular weight is 264 g/mol. The largest absolute Gasteiger partial charge is 0.504 e. The molecule has 1 aliphatic rings. The minimum Gasteiger partial charge on any atom is -0.504 e. The van der Waals surface area contributed by atoms with Gasteiger partial charge < -0.3 is 20.4 Å². The van der Waals surface area contributed by atoms with E-state index >= 15 is 0 Å². The number of nitrogens with zero attached hydrogens (tertiary/aromatic N) is 1. The lowest BCUT2D eigenvalue weighted by molar-refractivity contribution is 0.0652. The van der Waals surface area contributed by atoms with E-state index in [-0.39, 0.29) is 29.0 Å². The molecular weight excluding hydrogens is 244 g/mol. The Labute approximate surface area is 112 Å². The minimum atomic E-state index is -0.333. The maximum absolute atomic E-state index is 12.5. The van der Waals surface area contributed by atoms with E-state index in [1.807, 2.05) is 6.92 Å². The second-order valence-electron chi connectivity index (χ2n) is 4.75. The van der Waals surface area contributed by atoms with Crippen LogP contribution in [0.15, 0.2) is 18.2 Å². The number of piperidine rings is 1. The number of para-hydroxylation sites is 1. The summed E-state index contributed by atoms with van der Waals surface area (Å²) in [5.41, 5.74) is 0.167. The SMILES string of the molecule is CCN(C(=O)c1cccc(O)c1O)C1CCNCC1. The molecule has 0 aliphatic carbocycles. The molecule has 0 unspecified atom stereocenters. The zero-order valence-corrected chi connectivity index (χ0v) is 11.1. The van der Waals surface area contributed by atoms with E-state index in [4.69, 9.17) is 0 Å². The van der Waals surface area contributed by atoms with Crippen molar-refractivity contribution in [1.29, 1.82) is 0 Å². The molecule has 0 saturated carbocycles. The first kappa shape index (κ1) is 13.7. The Morgan fingerprint density at radius 1 is 1.37 bits per heavy atom. The van der Waals surface area contributed by atoms with Crippen molar-refractivity contribution in [1.82, 2.24) is 10.2 Å². The van der Waals surface area contributed by atoms with Crippen LogP contribution in [0.5, 0.6) is 11.5 Å². The highest BCUT2D eigenvalue weighted by atomic mass is 16.3. The lowest BCUT2D eigenvalue weighted by atomic mass is 10.0. The fourth-order valence-electron chi connectivity index (χ4n) is 2.54. The predicted molar refractivity (Wildman–Crippen MR) is 72.4 cm³/mol. The number of carbonyl (C=O) groups excluding carboxylic acids is 1. The first-order chi connectivity index (χ1) is 9.15. The van der Waals surface area contributed by atoms with E-state index in [0.29, 0.717) is 6.54 Å². The third kappa shape index (κ3) is 2.81. The van der Waals surface area contributed by atoms with Crippen molar-refractivity contribution in [3.8, 4) is 11.5 Å². The van der Waals surface area contributed by atoms with E-state index in [1.165, 1.54) is 6.07 Å². The Morgan fingerprint density at radius 3 is 2.68 bits per heavy atom. The standard InChI is InChI=1S/C14H20N2O3/c1-2-16(10-6-8-15-9-7-10)14(19)11-4-3-5-12(17)13(11)18/h3-5,10,15,17-18H,2,6-9H2,1H3. The highest BCUT2D eigenvalue weighted by molar-refractivity contribution is 5.97. The molecule has 1 heterocycles. The Bertz CT molecular complexity index is 456. The molecule has 5 nitrogen and oxygen atoms in total. The maximum Gasteiger partial charge on any atom is 0.257 e. The quantitative estimate of drug-likeness (QED) is 0.720. The van der Waals surface area contributed by atoms with Crippen molar-refractivity contribution in [3.63, 3.8) is 0 Å². The second kappa shape index (κ2) is 5.93. The summed E-state index contributed by atoms with van der Waals surface area (Å²) in [5, 5.41) is 22.5. The van der Waals surface area contributed by atoms with Gasteiger partial charge in [0.15, 0.2) is 11.5 Å². The maximum atomic E-state index is 12.5. The predicted octanol–water partition coefficient (Wildman–Crippen LogP) is 1.31. The number of nitrogens with one attached hydrogen (secondary N) is 1. The van der Waals surface area contributed by atoms with Crippen LogP contribution in [0, 0.1) is 0 Å². The molecule has 1 saturated heterocycles. The number of phenols is 2. The van der Waals surface area contributed by atoms with Crippen LogP contribution in [0.2, 0.25) is 0 Å². The van der Waals surface area contributed by atoms with E-state index in [2.05, 4.69) is 5.32 Å². The number of hydrogen-bond acceptors (Lipinski definition) is 4. The van der Waals surface area contributed by atoms with E-state index in [0.717, 1.165) is 25.9 Å². The van der Waals surface area contributed by atoms with Gasteiger partial charge in [0.1, 0.15) is 0 Å². The molecule has 19 heavy (non-hydrogen) atoms. The van der Waals surface area contributed by atoms with Crippen LogP contribution < -0.4 is 5.32 Å². The number of phenolic OH excluding ortho intramolecular Hbond substituents is 2. The van der Waals surface area contributed by atoms with Crippen LogP contribution in [0.4, 0.5) is 0 Å². The van der Waals surface area contributed by atoms with Crippen LogP contribution >= 0.6 is 0 Å². The van der Waals surface area contributed by atoms with Crippen LogP contribution in [-0.2, 0) is 0 Å². The van der Waals surface area contributed by atoms with Crippen molar-refractivity contribution in [2.75, 3.05) is 19.6 Å². The number of benzene rings is 1. The lowest BCUT2D eigenvalue weighted by Gasteiger charge is -2.34. The number of rotatable bonds is 3. The van der Waals surface area contributed by atoms with E-state index in [9.17, 15) is 15.0 Å². The molecule has 0 radical (unpaired) electrons. The van der Waals surface area contributed by atoms with Crippen LogP contribution in [0.25, 0.3) is 0 Å². The Kier molecular flexibility index (Phi) is 4.27. The summed E-state index contributed by atoms with van der Waals surface area (Å²) in [6.07, 6.45) is 1.83. The average Bonchev–Trinajstić information content (AvgIpc) is 2.44. The van der Waals surface area contributed by atoms with Crippen LogP contribution in [0.1, 0.15) is 30.1 Å². The molecule has 3 N–H and O–H groups in total. The molecule has 2 rings (SSSR count). The molecule has 0 spiro atoms. The van der Waals surface area contributed by atoms with Gasteiger partial charge in [-0.25, -0.2) is 0 Å². The highest BCUT2D eigenvalue weighted by Crippen LogP contribution is 2.30. The topological polar surface area (TPSA) is 72.8 Å². The summed E-state index contributed by atoms with van der Waals surface area (Å²) in [4.78, 5) is 14.3. The van der Waals surface area contributed by atoms with Crippen molar-refractivity contribution in [2.45, 2.75) is 25.8 Å². The normalized spacial score (nSPS) is 16.3. The molecule has 1 aromatic carbocycles. The molecule has 0 atom stereocenters. The zero-order chi connectivity index (χ0) is 13.8. The fraction of sp³-hybridized carbons (Fsp3) is 0.500. The second-order valence-corrected chi connectivity index (χ2v) is 4.75. The Balaban J connectivity index is 2.22. The summed E-state index contributed by atoms with van der Waals surface area (Å²) < 4.78 is 0. The summed E-state index contributed by atoms with van der Waals surface area (Å²) in [5.74, 6) is -0.810. The minimum absolute atomic E-state index is 0.167. The Hall–Kier alpha value is -1.75. The van der Waals surface area contributed by atoms with Gasteiger partial charge in [0.05, 0.1) is 5.56 Å². The van der Waals surface area contributed by atoms with Gasteiger partial charge in [-0.15, -0.1) is 0 Å². The number of aromatic hydroxyl groups is 2. The molecule has 1 fully saturated rings. The molecule has 1 aliphatic heterocycles. The van der Waals surface area contributed by atoms with Crippen molar-refractivity contribution in [3.05, 3.63) is 23.8 Å². The van der Waals surface area contributed by atoms with E-state index in [1.54, 1.807) is 17.0 Å². The van der Waals surface area contributed by atoms with E-state index < -0.39 is 0 Å². The van der Waals surface area contributed by atoms with Gasteiger partial charge in [-0.1, -0.05) is 6.07 Å². The van der Waals surface area contributed by atoms with Gasteiger partial charge in [-0.3, -0.25) is 4.79 Å². The summed E-state index contributed by atoms with van der Waals surface area (Å²) in [7, 11) is 0. The van der Waals surface area contributed by atoms with Crippen molar-refractivity contribution < 1.29 is 15.0 Å². The molecular formula is C14H20N2O3.